The van der Waals surface area contributed by atoms with E-state index in [2.05, 4.69) is 72.2 Å². The van der Waals surface area contributed by atoms with Crippen molar-refractivity contribution in [3.63, 3.8) is 0 Å². The van der Waals surface area contributed by atoms with E-state index in [0.717, 1.165) is 24.6 Å². The van der Waals surface area contributed by atoms with Crippen molar-refractivity contribution in [2.45, 2.75) is 39.8 Å². The van der Waals surface area contributed by atoms with Crippen LogP contribution in [-0.2, 0) is 6.54 Å². The number of hydrogen-bond acceptors (Lipinski definition) is 2. The minimum atomic E-state index is 0.106. The number of fused-ring (bicyclic) bond motifs is 1. The van der Waals surface area contributed by atoms with Crippen molar-refractivity contribution in [1.29, 1.82) is 0 Å². The number of aromatic nitrogens is 1. The average molecular weight is 310 g/mol. The molecule has 1 N–H and O–H groups in total. The first kappa shape index (κ1) is 15.8. The van der Waals surface area contributed by atoms with Gasteiger partial charge in [0, 0.05) is 42.7 Å². The van der Waals surface area contributed by atoms with Gasteiger partial charge in [-0.05, 0) is 31.5 Å². The van der Waals surface area contributed by atoms with E-state index in [-0.39, 0.29) is 5.54 Å². The van der Waals surface area contributed by atoms with E-state index in [9.17, 15) is 0 Å². The minimum absolute atomic E-state index is 0.106. The molecule has 1 aromatic heterocycles. The molecule has 1 fully saturated rings. The van der Waals surface area contributed by atoms with Crippen molar-refractivity contribution in [2.24, 2.45) is 10.4 Å². The number of guanidine groups is 1. The van der Waals surface area contributed by atoms with Crippen LogP contribution in [0.3, 0.4) is 0 Å². The summed E-state index contributed by atoms with van der Waals surface area (Å²) in [5.41, 5.74) is 2.69. The van der Waals surface area contributed by atoms with E-state index >= 15 is 0 Å². The van der Waals surface area contributed by atoms with E-state index in [1.54, 1.807) is 0 Å². The molecule has 1 aliphatic rings. The average Bonchev–Trinajstić information content (AvgIpc) is 2.54. The van der Waals surface area contributed by atoms with Crippen LogP contribution in [0.15, 0.2) is 41.5 Å². The number of rotatable bonds is 2. The van der Waals surface area contributed by atoms with E-state index in [1.165, 1.54) is 10.9 Å². The molecule has 0 saturated carbocycles. The van der Waals surface area contributed by atoms with E-state index in [4.69, 9.17) is 0 Å². The summed E-state index contributed by atoms with van der Waals surface area (Å²) in [6.45, 7) is 11.0. The Morgan fingerprint density at radius 3 is 2.61 bits per heavy atom. The van der Waals surface area contributed by atoms with Gasteiger partial charge < -0.3 is 10.2 Å². The highest BCUT2D eigenvalue weighted by molar-refractivity contribution is 5.84. The molecule has 0 spiro atoms. The Morgan fingerprint density at radius 2 is 1.96 bits per heavy atom. The summed E-state index contributed by atoms with van der Waals surface area (Å²) >= 11 is 0. The number of aliphatic imine (C=N–C) groups is 1. The third-order valence-electron chi connectivity index (χ3n) is 5.53. The molecule has 1 aromatic carbocycles. The summed E-state index contributed by atoms with van der Waals surface area (Å²) in [4.78, 5) is 11.3. The first-order valence-electron chi connectivity index (χ1n) is 8.18. The van der Waals surface area contributed by atoms with E-state index in [0.29, 0.717) is 5.41 Å². The first-order valence-corrected chi connectivity index (χ1v) is 8.18. The number of nitrogens with zero attached hydrogens (tertiary/aromatic N) is 3. The predicted molar refractivity (Wildman–Crippen MR) is 96.5 cm³/mol. The zero-order valence-corrected chi connectivity index (χ0v) is 14.7. The fourth-order valence-corrected chi connectivity index (χ4v) is 3.18. The predicted octanol–water partition coefficient (Wildman–Crippen LogP) is 3.43. The highest BCUT2D eigenvalue weighted by Gasteiger charge is 2.53. The molecule has 122 valence electrons. The molecule has 0 unspecified atom stereocenters. The SMILES string of the molecule is CN=C(NCc1ccnc2ccccc12)N1CC(C)(C)C1(C)C. The lowest BCUT2D eigenvalue weighted by atomic mass is 9.65. The van der Waals surface area contributed by atoms with Crippen molar-refractivity contribution < 1.29 is 0 Å². The number of nitrogens with one attached hydrogen (secondary N) is 1. The van der Waals surface area contributed by atoms with Gasteiger partial charge in [0.15, 0.2) is 5.96 Å². The molecule has 3 rings (SSSR count). The first-order chi connectivity index (χ1) is 10.9. The number of benzene rings is 1. The quantitative estimate of drug-likeness (QED) is 0.682. The van der Waals surface area contributed by atoms with Crippen molar-refractivity contribution in [1.82, 2.24) is 15.2 Å². The largest absolute Gasteiger partial charge is 0.352 e. The van der Waals surface area contributed by atoms with Crippen molar-refractivity contribution >= 4 is 16.9 Å². The van der Waals surface area contributed by atoms with Gasteiger partial charge in [0.05, 0.1) is 5.52 Å². The van der Waals surface area contributed by atoms with Gasteiger partial charge in [-0.25, -0.2) is 0 Å². The second-order valence-corrected chi connectivity index (χ2v) is 7.42. The minimum Gasteiger partial charge on any atom is -0.352 e. The number of hydrogen-bond donors (Lipinski definition) is 1. The third kappa shape index (κ3) is 2.56. The molecule has 0 amide bonds. The standard InChI is InChI=1S/C19H26N4/c1-18(2)13-23(19(18,3)4)17(20-5)22-12-14-10-11-21-16-9-7-6-8-15(14)16/h6-11H,12-13H2,1-5H3,(H,20,22). The zero-order chi connectivity index (χ0) is 16.7. The summed E-state index contributed by atoms with van der Waals surface area (Å²) in [6, 6.07) is 10.3. The zero-order valence-electron chi connectivity index (χ0n) is 14.7. The Balaban J connectivity index is 1.77. The molecule has 23 heavy (non-hydrogen) atoms. The molecular weight excluding hydrogens is 284 g/mol. The Kier molecular flexibility index (Phi) is 3.78. The van der Waals surface area contributed by atoms with Crippen LogP contribution < -0.4 is 5.32 Å². The molecule has 0 atom stereocenters. The lowest BCUT2D eigenvalue weighted by Gasteiger charge is -2.62. The molecule has 4 nitrogen and oxygen atoms in total. The van der Waals surface area contributed by atoms with Gasteiger partial charge in [0.1, 0.15) is 0 Å². The Hall–Kier alpha value is -2.10. The van der Waals surface area contributed by atoms with Crippen LogP contribution in [0.5, 0.6) is 0 Å². The maximum atomic E-state index is 4.48. The van der Waals surface area contributed by atoms with Gasteiger partial charge >= 0.3 is 0 Å². The van der Waals surface area contributed by atoms with Crippen molar-refractivity contribution in [2.75, 3.05) is 13.6 Å². The maximum absolute atomic E-state index is 4.48. The monoisotopic (exact) mass is 310 g/mol. The van der Waals surface area contributed by atoms with Gasteiger partial charge in [-0.1, -0.05) is 32.0 Å². The molecule has 0 aliphatic carbocycles. The lowest BCUT2D eigenvalue weighted by molar-refractivity contribution is -0.0667. The summed E-state index contributed by atoms with van der Waals surface area (Å²) in [6.07, 6.45) is 1.87. The van der Waals surface area contributed by atoms with Crippen LogP contribution in [0.2, 0.25) is 0 Å². The Bertz CT molecular complexity index is 741. The van der Waals surface area contributed by atoms with Crippen LogP contribution in [0, 0.1) is 5.41 Å². The smallest absolute Gasteiger partial charge is 0.194 e. The summed E-state index contributed by atoms with van der Waals surface area (Å²) in [7, 11) is 1.86. The van der Waals surface area contributed by atoms with E-state index < -0.39 is 0 Å². The Labute approximate surface area is 138 Å². The molecule has 1 aliphatic heterocycles. The van der Waals surface area contributed by atoms with Gasteiger partial charge in [0.2, 0.25) is 0 Å². The van der Waals surface area contributed by atoms with Crippen molar-refractivity contribution in [3.8, 4) is 0 Å². The number of para-hydroxylation sites is 1. The third-order valence-corrected chi connectivity index (χ3v) is 5.53. The summed E-state index contributed by atoms with van der Waals surface area (Å²) < 4.78 is 0. The lowest BCUT2D eigenvalue weighted by Crippen LogP contribution is -2.72. The molecule has 2 aromatic rings. The van der Waals surface area contributed by atoms with Crippen LogP contribution >= 0.6 is 0 Å². The second kappa shape index (κ2) is 5.52. The fourth-order valence-electron chi connectivity index (χ4n) is 3.18. The fraction of sp³-hybridized carbons (Fsp3) is 0.474. The normalized spacial score (nSPS) is 19.5. The van der Waals surface area contributed by atoms with Gasteiger partial charge in [0.25, 0.3) is 0 Å². The van der Waals surface area contributed by atoms with E-state index in [1.807, 2.05) is 19.3 Å². The highest BCUT2D eigenvalue weighted by atomic mass is 15.4. The molecule has 2 heterocycles. The molecule has 1 saturated heterocycles. The molecule has 0 radical (unpaired) electrons. The van der Waals surface area contributed by atoms with Gasteiger partial charge in [-0.15, -0.1) is 0 Å². The topological polar surface area (TPSA) is 40.5 Å². The highest BCUT2D eigenvalue weighted by Crippen LogP contribution is 2.46. The Morgan fingerprint density at radius 1 is 1.22 bits per heavy atom. The second-order valence-electron chi connectivity index (χ2n) is 7.42. The molecular formula is C19H26N4. The van der Waals surface area contributed by atoms with Gasteiger partial charge in [-0.2, -0.15) is 0 Å². The summed E-state index contributed by atoms with van der Waals surface area (Å²) in [5.74, 6) is 0.968. The van der Waals surface area contributed by atoms with Crippen LogP contribution in [0.4, 0.5) is 0 Å². The van der Waals surface area contributed by atoms with Crippen LogP contribution in [0.25, 0.3) is 10.9 Å². The molecule has 4 heteroatoms. The maximum Gasteiger partial charge on any atom is 0.194 e. The number of likely N-dealkylation sites (tertiary alicyclic amines) is 1. The van der Waals surface area contributed by atoms with Crippen molar-refractivity contribution in [3.05, 3.63) is 42.1 Å². The molecule has 0 bridgehead atoms. The van der Waals surface area contributed by atoms with Crippen LogP contribution in [0.1, 0.15) is 33.3 Å². The summed E-state index contributed by atoms with van der Waals surface area (Å²) in [5, 5.41) is 4.72. The number of pyridine rings is 1. The van der Waals surface area contributed by atoms with Crippen LogP contribution in [-0.4, -0.2) is 35.0 Å². The van der Waals surface area contributed by atoms with Gasteiger partial charge in [-0.3, -0.25) is 9.98 Å².